The number of hydrogen-bond donors (Lipinski definition) is 1. The molecule has 6 nitrogen and oxygen atoms in total. The molecule has 0 fully saturated rings. The van der Waals surface area contributed by atoms with Crippen LogP contribution in [0.4, 0.5) is 11.4 Å². The SMILES string of the molecule is CCCN1C(C)=NS(=O)(=O)c2cc(C(=O)Nc3cccc(Cl)c3C)ccc21. The molecule has 0 radical (unpaired) electrons. The fraction of sp³-hybridized carbons (Fsp3) is 0.263. The number of amides is 1. The minimum atomic E-state index is -3.84. The Labute approximate surface area is 163 Å². The Morgan fingerprint density at radius 1 is 1.22 bits per heavy atom. The summed E-state index contributed by atoms with van der Waals surface area (Å²) in [5.41, 5.74) is 2.10. The van der Waals surface area contributed by atoms with Gasteiger partial charge in [0.05, 0.1) is 5.69 Å². The average Bonchev–Trinajstić information content (AvgIpc) is 2.61. The van der Waals surface area contributed by atoms with E-state index in [4.69, 9.17) is 11.6 Å². The van der Waals surface area contributed by atoms with Crippen LogP contribution < -0.4 is 10.2 Å². The predicted molar refractivity (Wildman–Crippen MR) is 109 cm³/mol. The van der Waals surface area contributed by atoms with Gasteiger partial charge in [0.25, 0.3) is 15.9 Å². The second-order valence-electron chi connectivity index (χ2n) is 6.31. The van der Waals surface area contributed by atoms with Gasteiger partial charge in [0.15, 0.2) is 0 Å². The van der Waals surface area contributed by atoms with Gasteiger partial charge in [0.1, 0.15) is 10.7 Å². The summed E-state index contributed by atoms with van der Waals surface area (Å²) in [5, 5.41) is 3.32. The highest BCUT2D eigenvalue weighted by Crippen LogP contribution is 2.33. The van der Waals surface area contributed by atoms with Crippen LogP contribution in [0.15, 0.2) is 45.7 Å². The van der Waals surface area contributed by atoms with Gasteiger partial charge in [-0.3, -0.25) is 4.79 Å². The van der Waals surface area contributed by atoms with Crippen LogP contribution >= 0.6 is 11.6 Å². The summed E-state index contributed by atoms with van der Waals surface area (Å²) >= 11 is 6.08. The van der Waals surface area contributed by atoms with Gasteiger partial charge in [-0.2, -0.15) is 8.42 Å². The van der Waals surface area contributed by atoms with Crippen LogP contribution in [0.3, 0.4) is 0 Å². The van der Waals surface area contributed by atoms with Crippen molar-refractivity contribution in [1.29, 1.82) is 0 Å². The maximum absolute atomic E-state index is 12.6. The molecule has 0 atom stereocenters. The van der Waals surface area contributed by atoms with Gasteiger partial charge in [-0.15, -0.1) is 4.40 Å². The fourth-order valence-corrected chi connectivity index (χ4v) is 4.41. The molecule has 2 aromatic carbocycles. The number of nitrogens with one attached hydrogen (secondary N) is 1. The monoisotopic (exact) mass is 405 g/mol. The molecule has 1 N–H and O–H groups in total. The van der Waals surface area contributed by atoms with Crippen molar-refractivity contribution in [1.82, 2.24) is 0 Å². The topological polar surface area (TPSA) is 78.8 Å². The van der Waals surface area contributed by atoms with Crippen LogP contribution in [0.1, 0.15) is 36.2 Å². The summed E-state index contributed by atoms with van der Waals surface area (Å²) in [6.07, 6.45) is 0.836. The molecule has 0 bridgehead atoms. The smallest absolute Gasteiger partial charge is 0.286 e. The standard InChI is InChI=1S/C19H20ClN3O3S/c1-4-10-23-13(3)22-27(25,26)18-11-14(8-9-17(18)23)19(24)21-16-7-5-6-15(20)12(16)2/h5-9,11H,4,10H2,1-3H3,(H,21,24). The molecule has 0 aromatic heterocycles. The highest BCUT2D eigenvalue weighted by Gasteiger charge is 2.29. The molecule has 0 aliphatic carbocycles. The molecular formula is C19H20ClN3O3S. The quantitative estimate of drug-likeness (QED) is 0.825. The van der Waals surface area contributed by atoms with E-state index < -0.39 is 15.9 Å². The number of halogens is 1. The van der Waals surface area contributed by atoms with E-state index in [0.29, 0.717) is 28.8 Å². The van der Waals surface area contributed by atoms with E-state index in [0.717, 1.165) is 12.0 Å². The highest BCUT2D eigenvalue weighted by atomic mass is 35.5. The van der Waals surface area contributed by atoms with E-state index in [2.05, 4.69) is 9.71 Å². The zero-order valence-electron chi connectivity index (χ0n) is 15.3. The Hall–Kier alpha value is -2.38. The molecule has 1 amide bonds. The zero-order valence-corrected chi connectivity index (χ0v) is 16.9. The number of carbonyl (C=O) groups excluding carboxylic acids is 1. The Bertz CT molecular complexity index is 1050. The van der Waals surface area contributed by atoms with Crippen molar-refractivity contribution in [2.75, 3.05) is 16.8 Å². The Morgan fingerprint density at radius 2 is 1.96 bits per heavy atom. The summed E-state index contributed by atoms with van der Waals surface area (Å²) in [5.74, 6) is 0.0165. The van der Waals surface area contributed by atoms with Crippen LogP contribution in [-0.2, 0) is 10.0 Å². The van der Waals surface area contributed by atoms with E-state index in [9.17, 15) is 13.2 Å². The normalized spacial score (nSPS) is 15.1. The van der Waals surface area contributed by atoms with Gasteiger partial charge in [-0.25, -0.2) is 0 Å². The molecule has 142 valence electrons. The second kappa shape index (κ2) is 7.32. The number of anilines is 2. The van der Waals surface area contributed by atoms with Crippen LogP contribution in [0.25, 0.3) is 0 Å². The molecule has 0 saturated heterocycles. The predicted octanol–water partition coefficient (Wildman–Crippen LogP) is 4.24. The molecule has 2 aromatic rings. The summed E-state index contributed by atoms with van der Waals surface area (Å²) in [4.78, 5) is 14.5. The highest BCUT2D eigenvalue weighted by molar-refractivity contribution is 7.90. The summed E-state index contributed by atoms with van der Waals surface area (Å²) in [7, 11) is -3.84. The lowest BCUT2D eigenvalue weighted by molar-refractivity contribution is 0.102. The number of hydrogen-bond acceptors (Lipinski definition) is 4. The maximum Gasteiger partial charge on any atom is 0.286 e. The minimum absolute atomic E-state index is 0.0389. The van der Waals surface area contributed by atoms with Crippen molar-refractivity contribution in [2.24, 2.45) is 4.40 Å². The van der Waals surface area contributed by atoms with Gasteiger partial charge in [-0.05, 0) is 56.2 Å². The first-order chi connectivity index (χ1) is 12.7. The average molecular weight is 406 g/mol. The molecule has 3 rings (SSSR count). The number of nitrogens with zero attached hydrogens (tertiary/aromatic N) is 2. The molecule has 8 heteroatoms. The molecule has 0 saturated carbocycles. The molecule has 0 spiro atoms. The van der Waals surface area contributed by atoms with Crippen molar-refractivity contribution in [2.45, 2.75) is 32.1 Å². The van der Waals surface area contributed by atoms with Crippen molar-refractivity contribution in [3.8, 4) is 0 Å². The van der Waals surface area contributed by atoms with Crippen LogP contribution in [0.2, 0.25) is 5.02 Å². The van der Waals surface area contributed by atoms with Crippen LogP contribution in [0, 0.1) is 6.92 Å². The van der Waals surface area contributed by atoms with Gasteiger partial charge in [-0.1, -0.05) is 24.6 Å². The minimum Gasteiger partial charge on any atom is -0.328 e. The van der Waals surface area contributed by atoms with Crippen molar-refractivity contribution >= 4 is 44.7 Å². The third kappa shape index (κ3) is 3.70. The molecule has 1 aliphatic rings. The van der Waals surface area contributed by atoms with E-state index >= 15 is 0 Å². The summed E-state index contributed by atoms with van der Waals surface area (Å²) in [6.45, 7) is 6.12. The van der Waals surface area contributed by atoms with E-state index in [1.807, 2.05) is 11.8 Å². The van der Waals surface area contributed by atoms with E-state index in [1.54, 1.807) is 44.2 Å². The van der Waals surface area contributed by atoms with E-state index in [-0.39, 0.29) is 10.5 Å². The third-order valence-corrected chi connectivity index (χ3v) is 6.19. The Morgan fingerprint density at radius 3 is 2.67 bits per heavy atom. The first-order valence-electron chi connectivity index (χ1n) is 8.54. The number of benzene rings is 2. The van der Waals surface area contributed by atoms with Gasteiger partial charge < -0.3 is 10.2 Å². The second-order valence-corrected chi connectivity index (χ2v) is 8.29. The Balaban J connectivity index is 1.99. The van der Waals surface area contributed by atoms with Gasteiger partial charge in [0, 0.05) is 22.8 Å². The number of sulfonamides is 1. The first kappa shape index (κ1) is 19.4. The van der Waals surface area contributed by atoms with Crippen molar-refractivity contribution in [3.63, 3.8) is 0 Å². The summed E-state index contributed by atoms with van der Waals surface area (Å²) < 4.78 is 28.8. The maximum atomic E-state index is 12.6. The molecule has 27 heavy (non-hydrogen) atoms. The number of fused-ring (bicyclic) bond motifs is 1. The zero-order chi connectivity index (χ0) is 19.8. The lowest BCUT2D eigenvalue weighted by atomic mass is 10.1. The number of rotatable bonds is 4. The molecule has 1 heterocycles. The lowest BCUT2D eigenvalue weighted by Crippen LogP contribution is -2.34. The fourth-order valence-electron chi connectivity index (χ4n) is 2.97. The molecule has 0 unspecified atom stereocenters. The number of amidine groups is 1. The lowest BCUT2D eigenvalue weighted by Gasteiger charge is -2.29. The molecular weight excluding hydrogens is 386 g/mol. The largest absolute Gasteiger partial charge is 0.328 e. The van der Waals surface area contributed by atoms with Crippen molar-refractivity contribution < 1.29 is 13.2 Å². The van der Waals surface area contributed by atoms with E-state index in [1.165, 1.54) is 6.07 Å². The van der Waals surface area contributed by atoms with Crippen LogP contribution in [0.5, 0.6) is 0 Å². The van der Waals surface area contributed by atoms with Crippen molar-refractivity contribution in [3.05, 3.63) is 52.5 Å². The Kier molecular flexibility index (Phi) is 5.26. The first-order valence-corrected chi connectivity index (χ1v) is 10.4. The molecule has 1 aliphatic heterocycles. The third-order valence-electron chi connectivity index (χ3n) is 4.40. The van der Waals surface area contributed by atoms with Gasteiger partial charge >= 0.3 is 0 Å². The van der Waals surface area contributed by atoms with Crippen LogP contribution in [-0.4, -0.2) is 26.7 Å². The summed E-state index contributed by atoms with van der Waals surface area (Å²) in [6, 6.07) is 9.86. The number of carbonyl (C=O) groups is 1. The van der Waals surface area contributed by atoms with Gasteiger partial charge in [0.2, 0.25) is 0 Å².